The highest BCUT2D eigenvalue weighted by Gasteiger charge is 2.26. The Morgan fingerprint density at radius 3 is 2.56 bits per heavy atom. The fourth-order valence-electron chi connectivity index (χ4n) is 2.94. The third-order valence-electron chi connectivity index (χ3n) is 4.44. The minimum Gasteiger partial charge on any atom is -0.494 e. The van der Waals surface area contributed by atoms with Crippen molar-refractivity contribution in [3.63, 3.8) is 0 Å². The van der Waals surface area contributed by atoms with E-state index >= 15 is 0 Å². The molecule has 142 valence electrons. The van der Waals surface area contributed by atoms with Gasteiger partial charge < -0.3 is 5.11 Å². The fourth-order valence-corrected chi connectivity index (χ4v) is 3.43. The van der Waals surface area contributed by atoms with Gasteiger partial charge in [0.1, 0.15) is 11.6 Å². The van der Waals surface area contributed by atoms with Crippen molar-refractivity contribution in [1.82, 2.24) is 4.57 Å². The lowest BCUT2D eigenvalue weighted by atomic mass is 9.97. The van der Waals surface area contributed by atoms with Gasteiger partial charge in [0.2, 0.25) is 5.88 Å². The Bertz CT molecular complexity index is 975. The lowest BCUT2D eigenvalue weighted by Crippen LogP contribution is -2.27. The molecule has 27 heavy (non-hydrogen) atoms. The average molecular weight is 407 g/mol. The summed E-state index contributed by atoms with van der Waals surface area (Å²) in [4.78, 5) is 25.6. The molecule has 0 aliphatic rings. The van der Waals surface area contributed by atoms with E-state index in [9.17, 15) is 20.0 Å². The van der Waals surface area contributed by atoms with Crippen LogP contribution in [0.25, 0.3) is 0 Å². The maximum atomic E-state index is 13.0. The van der Waals surface area contributed by atoms with E-state index in [2.05, 4.69) is 6.92 Å². The smallest absolute Gasteiger partial charge is 0.271 e. The zero-order valence-electron chi connectivity index (χ0n) is 15.2. The molecule has 1 heterocycles. The molecule has 0 saturated heterocycles. The summed E-state index contributed by atoms with van der Waals surface area (Å²) in [7, 11) is 0. The van der Waals surface area contributed by atoms with Crippen molar-refractivity contribution in [2.24, 2.45) is 0 Å². The number of nitrogens with zero attached hydrogens (tertiary/aromatic N) is 2. The molecule has 7 heteroatoms. The Morgan fingerprint density at radius 2 is 1.96 bits per heavy atom. The highest BCUT2D eigenvalue weighted by Crippen LogP contribution is 2.29. The van der Waals surface area contributed by atoms with Gasteiger partial charge in [-0.2, -0.15) is 5.26 Å². The number of aromatic nitrogens is 1. The first-order valence-corrected chi connectivity index (χ1v) is 9.45. The van der Waals surface area contributed by atoms with E-state index in [1.807, 2.05) is 6.07 Å². The molecule has 0 radical (unpaired) electrons. The van der Waals surface area contributed by atoms with Crippen molar-refractivity contribution in [2.75, 3.05) is 0 Å². The number of carbonyl (C=O) groups excluding carboxylic acids is 1. The number of halogens is 2. The molecule has 0 aliphatic heterocycles. The molecule has 2 aromatic rings. The summed E-state index contributed by atoms with van der Waals surface area (Å²) >= 11 is 12.0. The first kappa shape index (κ1) is 21.0. The predicted molar refractivity (Wildman–Crippen MR) is 106 cm³/mol. The summed E-state index contributed by atoms with van der Waals surface area (Å²) < 4.78 is 1.10. The Labute approximate surface area is 167 Å². The number of hydrogen-bond acceptors (Lipinski definition) is 4. The molecular weight excluding hydrogens is 387 g/mol. The molecule has 5 nitrogen and oxygen atoms in total. The van der Waals surface area contributed by atoms with Crippen LogP contribution < -0.4 is 5.56 Å². The van der Waals surface area contributed by atoms with Crippen LogP contribution in [0.1, 0.15) is 59.7 Å². The van der Waals surface area contributed by atoms with Gasteiger partial charge in [-0.15, -0.1) is 0 Å². The van der Waals surface area contributed by atoms with Crippen molar-refractivity contribution < 1.29 is 9.90 Å². The molecule has 1 aromatic heterocycles. The first-order valence-electron chi connectivity index (χ1n) is 8.69. The standard InChI is InChI=1S/C20H20Cl2N2O3/c1-3-4-5-6-9-24-19(26)15(11-23)12(2)17(20(24)27)18(25)14-8-7-13(21)10-16(14)22/h7-8,10,27H,3-6,9H2,1-2H3. The predicted octanol–water partition coefficient (Wildman–Crippen LogP) is 4.85. The van der Waals surface area contributed by atoms with E-state index in [1.165, 1.54) is 25.1 Å². The number of aromatic hydroxyl groups is 1. The highest BCUT2D eigenvalue weighted by atomic mass is 35.5. The Hall–Kier alpha value is -2.29. The van der Waals surface area contributed by atoms with Crippen molar-refractivity contribution in [1.29, 1.82) is 5.26 Å². The third-order valence-corrected chi connectivity index (χ3v) is 4.99. The van der Waals surface area contributed by atoms with Crippen LogP contribution >= 0.6 is 23.2 Å². The van der Waals surface area contributed by atoms with Gasteiger partial charge >= 0.3 is 0 Å². The van der Waals surface area contributed by atoms with Gasteiger partial charge in [-0.1, -0.05) is 49.4 Å². The monoisotopic (exact) mass is 406 g/mol. The maximum absolute atomic E-state index is 13.0. The number of pyridine rings is 1. The topological polar surface area (TPSA) is 83.1 Å². The summed E-state index contributed by atoms with van der Waals surface area (Å²) in [5.41, 5.74) is -0.564. The lowest BCUT2D eigenvalue weighted by molar-refractivity contribution is 0.103. The van der Waals surface area contributed by atoms with Crippen LogP contribution in [0.15, 0.2) is 23.0 Å². The molecule has 0 aliphatic carbocycles. The Kier molecular flexibility index (Phi) is 7.06. The van der Waals surface area contributed by atoms with Crippen LogP contribution in [0.4, 0.5) is 0 Å². The quantitative estimate of drug-likeness (QED) is 0.525. The van der Waals surface area contributed by atoms with Crippen molar-refractivity contribution >= 4 is 29.0 Å². The second-order valence-electron chi connectivity index (χ2n) is 6.28. The molecule has 0 bridgehead atoms. The van der Waals surface area contributed by atoms with Gasteiger partial charge in [0, 0.05) is 17.1 Å². The van der Waals surface area contributed by atoms with Gasteiger partial charge in [0.25, 0.3) is 5.56 Å². The van der Waals surface area contributed by atoms with Gasteiger partial charge in [-0.05, 0) is 37.1 Å². The summed E-state index contributed by atoms with van der Waals surface area (Å²) in [6, 6.07) is 6.24. The molecule has 2 rings (SSSR count). The molecular formula is C20H20Cl2N2O3. The molecule has 1 aromatic carbocycles. The lowest BCUT2D eigenvalue weighted by Gasteiger charge is -2.16. The number of nitriles is 1. The Balaban J connectivity index is 2.60. The molecule has 0 fully saturated rings. The van der Waals surface area contributed by atoms with Gasteiger partial charge in [-0.25, -0.2) is 0 Å². The van der Waals surface area contributed by atoms with Gasteiger partial charge in [0.05, 0.1) is 10.6 Å². The van der Waals surface area contributed by atoms with E-state index in [-0.39, 0.29) is 33.8 Å². The molecule has 0 spiro atoms. The van der Waals surface area contributed by atoms with E-state index in [4.69, 9.17) is 23.2 Å². The fraction of sp³-hybridized carbons (Fsp3) is 0.350. The van der Waals surface area contributed by atoms with E-state index in [0.717, 1.165) is 23.8 Å². The van der Waals surface area contributed by atoms with Crippen molar-refractivity contribution in [3.8, 4) is 11.9 Å². The van der Waals surface area contributed by atoms with Crippen LogP contribution in [0.5, 0.6) is 5.88 Å². The summed E-state index contributed by atoms with van der Waals surface area (Å²) in [5.74, 6) is -1.01. The number of benzene rings is 1. The number of hydrogen-bond donors (Lipinski definition) is 1. The van der Waals surface area contributed by atoms with Crippen LogP contribution in [-0.4, -0.2) is 15.5 Å². The van der Waals surface area contributed by atoms with Crippen LogP contribution in [0.2, 0.25) is 10.0 Å². The minimum absolute atomic E-state index is 0.0918. The summed E-state index contributed by atoms with van der Waals surface area (Å²) in [6.07, 6.45) is 3.56. The number of rotatable bonds is 7. The van der Waals surface area contributed by atoms with E-state index in [1.54, 1.807) is 0 Å². The third kappa shape index (κ3) is 4.35. The first-order chi connectivity index (χ1) is 12.8. The molecule has 0 atom stereocenters. The van der Waals surface area contributed by atoms with Crippen LogP contribution in [0, 0.1) is 18.3 Å². The van der Waals surface area contributed by atoms with Crippen molar-refractivity contribution in [3.05, 3.63) is 60.9 Å². The second-order valence-corrected chi connectivity index (χ2v) is 7.12. The Morgan fingerprint density at radius 1 is 1.26 bits per heavy atom. The largest absolute Gasteiger partial charge is 0.494 e. The van der Waals surface area contributed by atoms with Gasteiger partial charge in [0.15, 0.2) is 5.78 Å². The van der Waals surface area contributed by atoms with E-state index < -0.39 is 17.2 Å². The van der Waals surface area contributed by atoms with Crippen LogP contribution in [0.3, 0.4) is 0 Å². The zero-order valence-corrected chi connectivity index (χ0v) is 16.7. The summed E-state index contributed by atoms with van der Waals surface area (Å²) in [6.45, 7) is 3.77. The molecule has 0 amide bonds. The normalized spacial score (nSPS) is 10.6. The molecule has 0 saturated carbocycles. The minimum atomic E-state index is -0.595. The molecule has 0 unspecified atom stereocenters. The van der Waals surface area contributed by atoms with E-state index in [0.29, 0.717) is 11.4 Å². The maximum Gasteiger partial charge on any atom is 0.271 e. The second kappa shape index (κ2) is 9.07. The average Bonchev–Trinajstić information content (AvgIpc) is 2.61. The van der Waals surface area contributed by atoms with Crippen LogP contribution in [-0.2, 0) is 6.54 Å². The van der Waals surface area contributed by atoms with Crippen molar-refractivity contribution in [2.45, 2.75) is 46.1 Å². The summed E-state index contributed by atoms with van der Waals surface area (Å²) in [5, 5.41) is 20.6. The number of ketones is 1. The zero-order chi connectivity index (χ0) is 20.1. The van der Waals surface area contributed by atoms with Gasteiger partial charge in [-0.3, -0.25) is 14.2 Å². The SMILES string of the molecule is CCCCCCn1c(O)c(C(=O)c2ccc(Cl)cc2Cl)c(C)c(C#N)c1=O. The number of unbranched alkanes of at least 4 members (excludes halogenated alkanes) is 3. The number of carbonyl (C=O) groups is 1. The molecule has 1 N–H and O–H groups in total. The highest BCUT2D eigenvalue weighted by molar-refractivity contribution is 6.37.